The molecule has 0 spiro atoms. The minimum Gasteiger partial charge on any atom is -0.377 e. The second-order valence-electron chi connectivity index (χ2n) is 4.63. The molecule has 16 heavy (non-hydrogen) atoms. The first kappa shape index (κ1) is 14.1. The number of piperidine rings is 1. The molecule has 1 saturated heterocycles. The summed E-state index contributed by atoms with van der Waals surface area (Å²) in [5, 5.41) is 9.22. The zero-order valence-electron chi connectivity index (χ0n) is 10.6. The Balaban J connectivity index is 3.03. The Morgan fingerprint density at radius 3 is 2.31 bits per heavy atom. The summed E-state index contributed by atoms with van der Waals surface area (Å²) in [4.78, 5) is 2.13. The van der Waals surface area contributed by atoms with Gasteiger partial charge in [0.2, 0.25) is 0 Å². The van der Waals surface area contributed by atoms with Crippen molar-refractivity contribution in [1.82, 2.24) is 4.90 Å². The van der Waals surface area contributed by atoms with Crippen LogP contribution in [0.25, 0.3) is 0 Å². The third kappa shape index (κ3) is 2.07. The van der Waals surface area contributed by atoms with Crippen LogP contribution in [0.4, 0.5) is 0 Å². The highest BCUT2D eigenvalue weighted by atomic mass is 31.2. The zero-order valence-corrected chi connectivity index (χ0v) is 11.5. The van der Waals surface area contributed by atoms with Crippen molar-refractivity contribution in [3.8, 4) is 0 Å². The van der Waals surface area contributed by atoms with Gasteiger partial charge in [-0.1, -0.05) is 6.92 Å². The zero-order chi connectivity index (χ0) is 12.6. The first-order chi connectivity index (χ1) is 7.30. The first-order valence-corrected chi connectivity index (χ1v) is 6.99. The van der Waals surface area contributed by atoms with E-state index in [2.05, 4.69) is 4.90 Å². The third-order valence-electron chi connectivity index (χ3n) is 3.65. The van der Waals surface area contributed by atoms with Gasteiger partial charge in [-0.2, -0.15) is 0 Å². The van der Waals surface area contributed by atoms with Gasteiger partial charge in [0.1, 0.15) is 0 Å². The lowest BCUT2D eigenvalue weighted by atomic mass is 9.91. The molecule has 1 heterocycles. The van der Waals surface area contributed by atoms with Crippen LogP contribution in [0.5, 0.6) is 0 Å². The standard InChI is InChI=1S/C10H22NO4P/c1-8-7-11(3)9(2)6-10(8,12)16(13,14-4)15-5/h8-9,12H,6-7H2,1-5H3/t8-,9+,10+/m0/s1. The van der Waals surface area contributed by atoms with Crippen LogP contribution < -0.4 is 0 Å². The highest BCUT2D eigenvalue weighted by molar-refractivity contribution is 7.55. The van der Waals surface area contributed by atoms with Crippen molar-refractivity contribution in [1.29, 1.82) is 0 Å². The summed E-state index contributed by atoms with van der Waals surface area (Å²) in [6.45, 7) is 4.54. The second-order valence-corrected chi connectivity index (χ2v) is 7.13. The van der Waals surface area contributed by atoms with E-state index < -0.39 is 12.9 Å². The Morgan fingerprint density at radius 2 is 1.88 bits per heavy atom. The molecule has 1 rings (SSSR count). The van der Waals surface area contributed by atoms with Crippen molar-refractivity contribution >= 4 is 7.60 Å². The fourth-order valence-corrected chi connectivity index (χ4v) is 4.21. The molecule has 5 nitrogen and oxygen atoms in total. The highest BCUT2D eigenvalue weighted by Crippen LogP contribution is 2.63. The molecule has 1 fully saturated rings. The minimum absolute atomic E-state index is 0.153. The molecular weight excluding hydrogens is 229 g/mol. The van der Waals surface area contributed by atoms with E-state index in [4.69, 9.17) is 9.05 Å². The summed E-state index contributed by atoms with van der Waals surface area (Å²) >= 11 is 0. The maximum atomic E-state index is 12.4. The molecule has 0 aliphatic carbocycles. The number of rotatable bonds is 3. The summed E-state index contributed by atoms with van der Waals surface area (Å²) in [5.41, 5.74) is 0. The Morgan fingerprint density at radius 1 is 1.38 bits per heavy atom. The molecule has 3 atom stereocenters. The number of nitrogens with zero attached hydrogens (tertiary/aromatic N) is 1. The van der Waals surface area contributed by atoms with Crippen LogP contribution >= 0.6 is 7.60 Å². The first-order valence-electron chi connectivity index (χ1n) is 5.45. The van der Waals surface area contributed by atoms with Gasteiger partial charge in [-0.05, 0) is 14.0 Å². The number of likely N-dealkylation sites (tertiary alicyclic amines) is 1. The van der Waals surface area contributed by atoms with Gasteiger partial charge >= 0.3 is 7.60 Å². The van der Waals surface area contributed by atoms with Crippen molar-refractivity contribution in [2.24, 2.45) is 5.92 Å². The fourth-order valence-electron chi connectivity index (χ4n) is 2.32. The Hall–Kier alpha value is 0.0700. The van der Waals surface area contributed by atoms with Crippen LogP contribution in [-0.4, -0.2) is 49.2 Å². The van der Waals surface area contributed by atoms with Crippen molar-refractivity contribution in [3.63, 3.8) is 0 Å². The molecule has 1 aliphatic rings. The van der Waals surface area contributed by atoms with Gasteiger partial charge < -0.3 is 19.1 Å². The van der Waals surface area contributed by atoms with Crippen molar-refractivity contribution in [2.45, 2.75) is 31.7 Å². The molecule has 0 bridgehead atoms. The molecule has 0 amide bonds. The predicted octanol–water partition coefficient (Wildman–Crippen LogP) is 1.52. The molecule has 0 unspecified atom stereocenters. The Bertz CT molecular complexity index is 291. The van der Waals surface area contributed by atoms with E-state index in [0.29, 0.717) is 13.0 Å². The summed E-state index contributed by atoms with van der Waals surface area (Å²) in [6.07, 6.45) is 0.392. The summed E-state index contributed by atoms with van der Waals surface area (Å²) in [7, 11) is 1.17. The number of aliphatic hydroxyl groups is 1. The van der Waals surface area contributed by atoms with Crippen LogP contribution in [0, 0.1) is 5.92 Å². The van der Waals surface area contributed by atoms with Crippen molar-refractivity contribution < 1.29 is 18.7 Å². The van der Waals surface area contributed by atoms with Crippen LogP contribution in [0.15, 0.2) is 0 Å². The molecule has 0 aromatic carbocycles. The van der Waals surface area contributed by atoms with Gasteiger partial charge in [-0.25, -0.2) is 0 Å². The predicted molar refractivity (Wildman–Crippen MR) is 62.4 cm³/mol. The molecule has 0 aromatic rings. The SMILES string of the molecule is COP(=O)(OC)[C@]1(O)C[C@@H](C)N(C)C[C@@H]1C. The topological polar surface area (TPSA) is 59.0 Å². The van der Waals surface area contributed by atoms with Crippen LogP contribution in [0.3, 0.4) is 0 Å². The van der Waals surface area contributed by atoms with Crippen LogP contribution in [0.2, 0.25) is 0 Å². The lowest BCUT2D eigenvalue weighted by Gasteiger charge is -2.47. The van der Waals surface area contributed by atoms with Gasteiger partial charge in [0, 0.05) is 39.1 Å². The van der Waals surface area contributed by atoms with E-state index in [-0.39, 0.29) is 12.0 Å². The summed E-state index contributed by atoms with van der Waals surface area (Å²) in [6, 6.07) is 0.153. The Labute approximate surface area is 97.3 Å². The maximum absolute atomic E-state index is 12.4. The highest BCUT2D eigenvalue weighted by Gasteiger charge is 2.55. The Kier molecular flexibility index (Phi) is 4.19. The fraction of sp³-hybridized carbons (Fsp3) is 1.00. The molecule has 96 valence electrons. The summed E-state index contributed by atoms with van der Waals surface area (Å²) in [5.74, 6) is -0.153. The quantitative estimate of drug-likeness (QED) is 0.771. The van der Waals surface area contributed by atoms with E-state index in [1.807, 2.05) is 20.9 Å². The molecule has 1 aliphatic heterocycles. The molecule has 0 radical (unpaired) electrons. The summed E-state index contributed by atoms with van der Waals surface area (Å²) < 4.78 is 22.3. The maximum Gasteiger partial charge on any atom is 0.361 e. The third-order valence-corrected chi connectivity index (χ3v) is 6.19. The minimum atomic E-state index is -3.46. The average Bonchev–Trinajstić information content (AvgIpc) is 2.25. The van der Waals surface area contributed by atoms with E-state index in [9.17, 15) is 9.67 Å². The average molecular weight is 251 g/mol. The number of hydrogen-bond donors (Lipinski definition) is 1. The number of hydrogen-bond acceptors (Lipinski definition) is 5. The van der Waals surface area contributed by atoms with Crippen molar-refractivity contribution in [3.05, 3.63) is 0 Å². The lowest BCUT2D eigenvalue weighted by molar-refractivity contribution is -0.0376. The van der Waals surface area contributed by atoms with E-state index >= 15 is 0 Å². The van der Waals surface area contributed by atoms with E-state index in [1.165, 1.54) is 14.2 Å². The van der Waals surface area contributed by atoms with Gasteiger partial charge in [-0.15, -0.1) is 0 Å². The molecule has 0 aromatic heterocycles. The lowest BCUT2D eigenvalue weighted by Crippen LogP contribution is -2.53. The van der Waals surface area contributed by atoms with E-state index in [1.54, 1.807) is 0 Å². The molecular formula is C10H22NO4P. The molecule has 1 N–H and O–H groups in total. The van der Waals surface area contributed by atoms with Crippen molar-refractivity contribution in [2.75, 3.05) is 27.8 Å². The van der Waals surface area contributed by atoms with Gasteiger partial charge in [0.05, 0.1) is 0 Å². The van der Waals surface area contributed by atoms with Gasteiger partial charge in [-0.3, -0.25) is 4.57 Å². The largest absolute Gasteiger partial charge is 0.377 e. The monoisotopic (exact) mass is 251 g/mol. The van der Waals surface area contributed by atoms with E-state index in [0.717, 1.165) is 0 Å². The van der Waals surface area contributed by atoms with Gasteiger partial charge in [0.25, 0.3) is 0 Å². The normalized spacial score (nSPS) is 37.6. The molecule has 6 heteroatoms. The van der Waals surface area contributed by atoms with Crippen LogP contribution in [0.1, 0.15) is 20.3 Å². The van der Waals surface area contributed by atoms with Crippen LogP contribution in [-0.2, 0) is 13.6 Å². The second kappa shape index (κ2) is 4.75. The molecule has 0 saturated carbocycles. The smallest absolute Gasteiger partial charge is 0.361 e. The van der Waals surface area contributed by atoms with Gasteiger partial charge in [0.15, 0.2) is 5.34 Å².